The van der Waals surface area contributed by atoms with Gasteiger partial charge in [-0.25, -0.2) is 0 Å². The topological polar surface area (TPSA) is 64.9 Å². The number of nitrogens with one attached hydrogen (secondary N) is 2. The lowest BCUT2D eigenvalue weighted by Gasteiger charge is -2.45. The van der Waals surface area contributed by atoms with Crippen molar-refractivity contribution in [2.75, 3.05) is 11.1 Å². The molecule has 0 bridgehead atoms. The van der Waals surface area contributed by atoms with Crippen molar-refractivity contribution in [3.63, 3.8) is 0 Å². The molecular weight excluding hydrogens is 366 g/mol. The second-order valence-corrected chi connectivity index (χ2v) is 9.22. The number of anilines is 1. The highest BCUT2D eigenvalue weighted by atomic mass is 32.2. The van der Waals surface area contributed by atoms with Gasteiger partial charge in [-0.15, -0.1) is 0 Å². The number of nitrogens with zero attached hydrogens (tertiary/aromatic N) is 1. The summed E-state index contributed by atoms with van der Waals surface area (Å²) in [7, 11) is 0. The van der Waals surface area contributed by atoms with E-state index >= 15 is 0 Å². The largest absolute Gasteiger partial charge is 0.353 e. The maximum Gasteiger partial charge on any atom is 0.234 e. The second kappa shape index (κ2) is 8.05. The summed E-state index contributed by atoms with van der Waals surface area (Å²) < 4.78 is 0. The molecule has 1 aliphatic heterocycles. The van der Waals surface area contributed by atoms with Crippen LogP contribution in [0.4, 0.5) is 5.69 Å². The van der Waals surface area contributed by atoms with Crippen LogP contribution in [0.2, 0.25) is 0 Å². The molecule has 0 aromatic heterocycles. The molecular formula is C23H27N3OS. The number of thioether (sulfide) groups is 1. The van der Waals surface area contributed by atoms with Gasteiger partial charge in [0.1, 0.15) is 0 Å². The lowest BCUT2D eigenvalue weighted by atomic mass is 9.61. The monoisotopic (exact) mass is 393 g/mol. The standard InChI is InChI=1S/C23H27N3OS/c1-16-7-6-12-23(13-16)18-10-5-11-20(18)26-22(19(23)14-24)28-15-21(27)25-17-8-3-2-4-9-17/h2-4,8-9,16,26H,5-7,10-13,15H2,1H3,(H,25,27)/t16-,23-/m1/s1. The summed E-state index contributed by atoms with van der Waals surface area (Å²) in [6, 6.07) is 12.1. The normalized spacial score (nSPS) is 26.6. The first kappa shape index (κ1) is 19.1. The van der Waals surface area contributed by atoms with E-state index < -0.39 is 0 Å². The van der Waals surface area contributed by atoms with Crippen LogP contribution >= 0.6 is 11.8 Å². The molecule has 5 heteroatoms. The van der Waals surface area contributed by atoms with E-state index in [1.807, 2.05) is 30.3 Å². The van der Waals surface area contributed by atoms with Gasteiger partial charge in [0, 0.05) is 16.8 Å². The van der Waals surface area contributed by atoms with Gasteiger partial charge in [0.25, 0.3) is 0 Å². The van der Waals surface area contributed by atoms with Crippen molar-refractivity contribution in [2.45, 2.75) is 51.9 Å². The van der Waals surface area contributed by atoms with Gasteiger partial charge >= 0.3 is 0 Å². The first-order chi connectivity index (χ1) is 13.6. The molecule has 1 saturated carbocycles. The van der Waals surface area contributed by atoms with Crippen LogP contribution in [0.3, 0.4) is 0 Å². The Morgan fingerprint density at radius 3 is 2.89 bits per heavy atom. The van der Waals surface area contributed by atoms with Gasteiger partial charge in [-0.1, -0.05) is 49.7 Å². The van der Waals surface area contributed by atoms with E-state index in [4.69, 9.17) is 0 Å². The molecule has 1 spiro atoms. The number of rotatable bonds is 4. The Labute approximate surface area is 171 Å². The van der Waals surface area contributed by atoms with Crippen molar-refractivity contribution in [2.24, 2.45) is 11.3 Å². The first-order valence-electron chi connectivity index (χ1n) is 10.2. The number of carbonyl (C=O) groups excluding carboxylic acids is 1. The lowest BCUT2D eigenvalue weighted by molar-refractivity contribution is -0.113. The van der Waals surface area contributed by atoms with Gasteiger partial charge in [-0.2, -0.15) is 5.26 Å². The zero-order valence-corrected chi connectivity index (χ0v) is 17.2. The van der Waals surface area contributed by atoms with Gasteiger partial charge in [0.15, 0.2) is 0 Å². The summed E-state index contributed by atoms with van der Waals surface area (Å²) in [5, 5.41) is 17.5. The lowest BCUT2D eigenvalue weighted by Crippen LogP contribution is -2.38. The van der Waals surface area contributed by atoms with Gasteiger partial charge in [-0.05, 0) is 55.7 Å². The Balaban J connectivity index is 1.55. The van der Waals surface area contributed by atoms with Crippen molar-refractivity contribution in [3.05, 3.63) is 52.2 Å². The summed E-state index contributed by atoms with van der Waals surface area (Å²) in [5.74, 6) is 0.897. The van der Waals surface area contributed by atoms with E-state index in [1.165, 1.54) is 42.3 Å². The number of hydrogen-bond donors (Lipinski definition) is 2. The predicted octanol–water partition coefficient (Wildman–Crippen LogP) is 5.33. The zero-order chi connectivity index (χ0) is 19.6. The maximum absolute atomic E-state index is 12.4. The van der Waals surface area contributed by atoms with Crippen LogP contribution in [0.15, 0.2) is 52.2 Å². The molecule has 1 amide bonds. The Morgan fingerprint density at radius 2 is 2.14 bits per heavy atom. The predicted molar refractivity (Wildman–Crippen MR) is 114 cm³/mol. The van der Waals surface area contributed by atoms with E-state index in [9.17, 15) is 10.1 Å². The molecule has 1 aromatic carbocycles. The van der Waals surface area contributed by atoms with Crippen molar-refractivity contribution < 1.29 is 4.79 Å². The van der Waals surface area contributed by atoms with E-state index in [-0.39, 0.29) is 11.3 Å². The number of dihydropyridines is 1. The van der Waals surface area contributed by atoms with Crippen LogP contribution in [-0.2, 0) is 4.79 Å². The Bertz CT molecular complexity index is 868. The van der Waals surface area contributed by atoms with Crippen LogP contribution in [0.1, 0.15) is 51.9 Å². The van der Waals surface area contributed by atoms with Crippen molar-refractivity contribution in [1.82, 2.24) is 5.32 Å². The highest BCUT2D eigenvalue weighted by molar-refractivity contribution is 8.03. The van der Waals surface area contributed by atoms with Gasteiger partial charge in [0.05, 0.1) is 22.4 Å². The number of para-hydroxylation sites is 1. The van der Waals surface area contributed by atoms with Gasteiger partial charge in [-0.3, -0.25) is 4.79 Å². The third-order valence-electron chi connectivity index (χ3n) is 6.28. The fourth-order valence-corrected chi connectivity index (χ4v) is 6.08. The Hall–Kier alpha value is -2.19. The fourth-order valence-electron chi connectivity index (χ4n) is 5.15. The van der Waals surface area contributed by atoms with Crippen LogP contribution in [0.25, 0.3) is 0 Å². The van der Waals surface area contributed by atoms with E-state index in [0.29, 0.717) is 11.7 Å². The minimum Gasteiger partial charge on any atom is -0.353 e. The number of nitriles is 1. The molecule has 1 heterocycles. The van der Waals surface area contributed by atoms with E-state index in [1.54, 1.807) is 0 Å². The number of hydrogen-bond acceptors (Lipinski definition) is 4. The van der Waals surface area contributed by atoms with Crippen molar-refractivity contribution >= 4 is 23.4 Å². The summed E-state index contributed by atoms with van der Waals surface area (Å²) in [6.45, 7) is 2.31. The molecule has 2 aliphatic carbocycles. The molecule has 4 nitrogen and oxygen atoms in total. The Morgan fingerprint density at radius 1 is 1.32 bits per heavy atom. The van der Waals surface area contributed by atoms with Crippen LogP contribution in [0, 0.1) is 22.7 Å². The molecule has 4 rings (SSSR count). The molecule has 3 aliphatic rings. The van der Waals surface area contributed by atoms with Crippen LogP contribution in [0.5, 0.6) is 0 Å². The smallest absolute Gasteiger partial charge is 0.234 e. The minimum atomic E-state index is -0.0955. The van der Waals surface area contributed by atoms with Gasteiger partial charge < -0.3 is 10.6 Å². The third kappa shape index (κ3) is 3.58. The molecule has 1 aromatic rings. The van der Waals surface area contributed by atoms with Crippen LogP contribution < -0.4 is 10.6 Å². The SMILES string of the molecule is C[C@@H]1CCC[C@]2(C1)C(C#N)=C(SCC(=O)Nc1ccccc1)NC1=C2CCC1. The highest BCUT2D eigenvalue weighted by Gasteiger charge is 2.47. The molecule has 28 heavy (non-hydrogen) atoms. The number of benzene rings is 1. The molecule has 1 fully saturated rings. The van der Waals surface area contributed by atoms with Gasteiger partial charge in [0.2, 0.25) is 5.91 Å². The fraction of sp³-hybridized carbons (Fsp3) is 0.478. The quantitative estimate of drug-likeness (QED) is 0.725. The number of carbonyl (C=O) groups is 1. The minimum absolute atomic E-state index is 0.0416. The Kier molecular flexibility index (Phi) is 5.50. The molecule has 0 radical (unpaired) electrons. The zero-order valence-electron chi connectivity index (χ0n) is 16.4. The molecule has 2 atom stereocenters. The van der Waals surface area contributed by atoms with Crippen LogP contribution in [-0.4, -0.2) is 11.7 Å². The summed E-state index contributed by atoms with van der Waals surface area (Å²) in [6.07, 6.45) is 7.89. The number of fused-ring (bicyclic) bond motifs is 1. The average Bonchev–Trinajstić information content (AvgIpc) is 3.17. The van der Waals surface area contributed by atoms with Crippen molar-refractivity contribution in [1.29, 1.82) is 5.26 Å². The molecule has 0 unspecified atom stereocenters. The average molecular weight is 394 g/mol. The van der Waals surface area contributed by atoms with E-state index in [0.717, 1.165) is 42.0 Å². The number of allylic oxidation sites excluding steroid dienone is 3. The number of amides is 1. The molecule has 2 N–H and O–H groups in total. The first-order valence-corrected chi connectivity index (χ1v) is 11.2. The molecule has 0 saturated heterocycles. The summed E-state index contributed by atoms with van der Waals surface area (Å²) in [4.78, 5) is 12.4. The van der Waals surface area contributed by atoms with Crippen molar-refractivity contribution in [3.8, 4) is 6.07 Å². The molecule has 146 valence electrons. The maximum atomic E-state index is 12.4. The summed E-state index contributed by atoms with van der Waals surface area (Å²) >= 11 is 1.47. The second-order valence-electron chi connectivity index (χ2n) is 8.24. The van der Waals surface area contributed by atoms with E-state index in [2.05, 4.69) is 23.6 Å². The third-order valence-corrected chi connectivity index (χ3v) is 7.28. The summed E-state index contributed by atoms with van der Waals surface area (Å²) in [5.41, 5.74) is 4.38. The highest BCUT2D eigenvalue weighted by Crippen LogP contribution is 2.57.